The van der Waals surface area contributed by atoms with Crippen molar-refractivity contribution in [2.45, 2.75) is 0 Å². The van der Waals surface area contributed by atoms with Gasteiger partial charge in [-0.15, -0.1) is 0 Å². The number of hydrogen-bond donors (Lipinski definition) is 0. The first-order valence-corrected chi connectivity index (χ1v) is 0. The molecule has 0 aromatic carbocycles. The average Bonchev–Trinajstić information content (AvgIpc) is 0. The summed E-state index contributed by atoms with van der Waals surface area (Å²) in [4.78, 5) is 0. The maximum Gasteiger partial charge on any atom is 6.00 e. The summed E-state index contributed by atoms with van der Waals surface area (Å²) in [6.07, 6.45) is 0. The summed E-state index contributed by atoms with van der Waals surface area (Å²) >= 11 is 0. The van der Waals surface area contributed by atoms with Gasteiger partial charge in [0.25, 0.3) is 0 Å². The molecule has 0 aliphatic rings. The van der Waals surface area contributed by atoms with Crippen LogP contribution in [0, 0.1) is 0 Å². The van der Waals surface area contributed by atoms with Crippen LogP contribution in [0.25, 0.3) is 0 Å². The zero-order valence-electron chi connectivity index (χ0n) is 2.12. The first kappa shape index (κ1) is 406. The van der Waals surface area contributed by atoms with E-state index < -0.39 is 0 Å². The second kappa shape index (κ2) is 202. The van der Waals surface area contributed by atoms with Gasteiger partial charge in [-0.25, -0.2) is 0 Å². The monoisotopic (exact) mass is 164 g/mol. The number of rotatable bonds is 0. The molecule has 0 aliphatic heterocycles. The Morgan fingerprint density at radius 3 is 0.600 bits per heavy atom. The van der Waals surface area contributed by atoms with Crippen LogP contribution in [0.3, 0.4) is 0 Å². The molecule has 0 saturated heterocycles. The van der Waals surface area contributed by atoms with Crippen LogP contribution in [-0.2, 0) is 32.0 Å². The minimum Gasteiger partial charge on any atom is -2.00 e. The van der Waals surface area contributed by atoms with Gasteiger partial charge >= 0.3 is 21.1 Å². The van der Waals surface area contributed by atoms with E-state index in [9.17, 15) is 0 Å². The maximum absolute atomic E-state index is 0. The van der Waals surface area contributed by atoms with Crippen molar-refractivity contribution in [1.29, 1.82) is 0 Å². The normalized spacial score (nSPS) is 0. The molecule has 5 heavy (non-hydrogen) atoms. The SMILES string of the molecule is [Mo+6].[O-2].[O-2].[OH-].[OH-]. The fourth-order valence-corrected chi connectivity index (χ4v) is 0. The van der Waals surface area contributed by atoms with Crippen molar-refractivity contribution in [2.75, 3.05) is 0 Å². The van der Waals surface area contributed by atoms with Crippen LogP contribution in [0.4, 0.5) is 0 Å². The van der Waals surface area contributed by atoms with Gasteiger partial charge < -0.3 is 21.9 Å². The summed E-state index contributed by atoms with van der Waals surface area (Å²) < 4.78 is 0. The molecule has 0 bridgehead atoms. The Hall–Kier alpha value is 0.528. The zero-order valence-corrected chi connectivity index (χ0v) is 4.13. The van der Waals surface area contributed by atoms with Gasteiger partial charge in [0.1, 0.15) is 0 Å². The molecule has 0 rings (SSSR count). The van der Waals surface area contributed by atoms with Gasteiger partial charge in [0.15, 0.2) is 0 Å². The molecule has 0 aromatic rings. The van der Waals surface area contributed by atoms with Gasteiger partial charge in [-0.2, -0.15) is 0 Å². The van der Waals surface area contributed by atoms with Crippen molar-refractivity contribution in [1.82, 2.24) is 0 Å². The molecule has 5 heteroatoms. The predicted molar refractivity (Wildman–Crippen MR) is 5.24 cm³/mol. The summed E-state index contributed by atoms with van der Waals surface area (Å²) in [5, 5.41) is 0. The van der Waals surface area contributed by atoms with Crippen molar-refractivity contribution in [3.8, 4) is 0 Å². The quantitative estimate of drug-likeness (QED) is 0.442. The fourth-order valence-electron chi connectivity index (χ4n) is 0. The summed E-state index contributed by atoms with van der Waals surface area (Å²) in [6, 6.07) is 0. The maximum atomic E-state index is 0. The minimum atomic E-state index is 0. The topological polar surface area (TPSA) is 117 Å². The third-order valence-corrected chi connectivity index (χ3v) is 0. The van der Waals surface area contributed by atoms with Gasteiger partial charge in [0.05, 0.1) is 0 Å². The second-order valence-corrected chi connectivity index (χ2v) is 0. The van der Waals surface area contributed by atoms with Crippen LogP contribution in [0.2, 0.25) is 0 Å². The summed E-state index contributed by atoms with van der Waals surface area (Å²) in [7, 11) is 0. The Balaban J connectivity index is 0. The third-order valence-electron chi connectivity index (χ3n) is 0. The second-order valence-electron chi connectivity index (χ2n) is 0. The molecule has 0 atom stereocenters. The van der Waals surface area contributed by atoms with E-state index in [1.165, 1.54) is 0 Å². The van der Waals surface area contributed by atoms with E-state index in [1.807, 2.05) is 0 Å². The fraction of sp³-hybridized carbons (Fsp3) is 0. The Kier molecular flexibility index (Phi) is 16400. The van der Waals surface area contributed by atoms with Crippen LogP contribution in [-0.4, -0.2) is 11.0 Å². The molecule has 0 aliphatic carbocycles. The molecular formula is H2MoO4. The van der Waals surface area contributed by atoms with Gasteiger partial charge in [-0.05, 0) is 0 Å². The Morgan fingerprint density at radius 1 is 0.600 bits per heavy atom. The molecule has 0 radical (unpaired) electrons. The zero-order chi connectivity index (χ0) is 0. The molecule has 0 fully saturated rings. The van der Waals surface area contributed by atoms with E-state index in [0.29, 0.717) is 0 Å². The average molecular weight is 162 g/mol. The predicted octanol–water partition coefficient (Wildman–Crippen LogP) is -0.594. The van der Waals surface area contributed by atoms with E-state index in [4.69, 9.17) is 0 Å². The molecule has 0 saturated carbocycles. The molecule has 4 nitrogen and oxygen atoms in total. The number of hydrogen-bond acceptors (Lipinski definition) is 2. The van der Waals surface area contributed by atoms with Crippen molar-refractivity contribution in [3.05, 3.63) is 0 Å². The van der Waals surface area contributed by atoms with Crippen LogP contribution in [0.1, 0.15) is 0 Å². The summed E-state index contributed by atoms with van der Waals surface area (Å²) in [5.41, 5.74) is 0. The molecular weight excluding hydrogens is 160 g/mol. The van der Waals surface area contributed by atoms with Gasteiger partial charge in [0, 0.05) is 0 Å². The van der Waals surface area contributed by atoms with Gasteiger partial charge in [0.2, 0.25) is 0 Å². The first-order valence-electron chi connectivity index (χ1n) is 0. The van der Waals surface area contributed by atoms with Crippen LogP contribution < -0.4 is 0 Å². The summed E-state index contributed by atoms with van der Waals surface area (Å²) in [6.45, 7) is 0. The largest absolute Gasteiger partial charge is 6.00 e. The van der Waals surface area contributed by atoms with Crippen LogP contribution in [0.15, 0.2) is 0 Å². The molecule has 32 valence electrons. The molecule has 0 heterocycles. The Bertz CT molecular complexity index is 3.61. The van der Waals surface area contributed by atoms with E-state index in [2.05, 4.69) is 0 Å². The van der Waals surface area contributed by atoms with Gasteiger partial charge in [-0.3, -0.25) is 0 Å². The minimum absolute atomic E-state index is 0. The Morgan fingerprint density at radius 2 is 0.600 bits per heavy atom. The van der Waals surface area contributed by atoms with Crippen molar-refractivity contribution in [2.24, 2.45) is 0 Å². The first-order chi connectivity index (χ1) is 0. The van der Waals surface area contributed by atoms with Crippen LogP contribution >= 0.6 is 0 Å². The van der Waals surface area contributed by atoms with Crippen molar-refractivity contribution in [3.63, 3.8) is 0 Å². The molecule has 0 amide bonds. The van der Waals surface area contributed by atoms with Crippen molar-refractivity contribution >= 4 is 0 Å². The van der Waals surface area contributed by atoms with E-state index >= 15 is 0 Å². The molecule has 0 spiro atoms. The third kappa shape index (κ3) is 104. The van der Waals surface area contributed by atoms with Crippen LogP contribution in [0.5, 0.6) is 0 Å². The van der Waals surface area contributed by atoms with Crippen molar-refractivity contribution < 1.29 is 43.0 Å². The molecule has 2 N–H and O–H groups in total. The summed E-state index contributed by atoms with van der Waals surface area (Å²) in [5.74, 6) is 0. The molecule has 0 unspecified atom stereocenters. The smallest absolute Gasteiger partial charge is 2.00 e. The Labute approximate surface area is 43.7 Å². The van der Waals surface area contributed by atoms with Gasteiger partial charge in [-0.1, -0.05) is 0 Å². The van der Waals surface area contributed by atoms with E-state index in [1.54, 1.807) is 0 Å². The van der Waals surface area contributed by atoms with E-state index in [0.717, 1.165) is 0 Å². The van der Waals surface area contributed by atoms with E-state index in [-0.39, 0.29) is 43.0 Å². The standard InChI is InChI=1S/Mo.2H2O.2O/h;2*1H2;;/q+6;;;2*-2/p-2. The molecule has 0 aromatic heterocycles.